The highest BCUT2D eigenvalue weighted by Gasteiger charge is 2.11. The van der Waals surface area contributed by atoms with E-state index in [9.17, 15) is 4.79 Å². The largest absolute Gasteiger partial charge is 0.468 e. The van der Waals surface area contributed by atoms with Crippen LogP contribution in [0.1, 0.15) is 34.6 Å². The minimum atomic E-state index is -0.339. The van der Waals surface area contributed by atoms with E-state index in [-0.39, 0.29) is 12.0 Å². The molecule has 2 aromatic rings. The molecule has 1 aromatic carbocycles. The molecule has 0 saturated heterocycles. The molecule has 0 aliphatic carbocycles. The standard InChI is InChI=1S/C15H16BrNO3/c1-10(14-4-3-7-20-14)17-9-12-6-5-11(8-13(12)16)15(18)19-2/h3-8,10,17H,9H2,1-2H3. The zero-order valence-corrected chi connectivity index (χ0v) is 12.9. The van der Waals surface area contributed by atoms with Gasteiger partial charge in [0.05, 0.1) is 25.0 Å². The molecule has 0 fully saturated rings. The van der Waals surface area contributed by atoms with Gasteiger partial charge in [-0.1, -0.05) is 22.0 Å². The number of esters is 1. The number of benzene rings is 1. The topological polar surface area (TPSA) is 51.5 Å². The Labute approximate surface area is 126 Å². The van der Waals surface area contributed by atoms with Crippen molar-refractivity contribution in [2.24, 2.45) is 0 Å². The van der Waals surface area contributed by atoms with Gasteiger partial charge in [0, 0.05) is 11.0 Å². The molecule has 1 unspecified atom stereocenters. The molecule has 0 amide bonds. The second-order valence-electron chi connectivity index (χ2n) is 4.42. The molecule has 0 aliphatic heterocycles. The van der Waals surface area contributed by atoms with E-state index in [4.69, 9.17) is 9.15 Å². The molecule has 1 N–H and O–H groups in total. The Balaban J connectivity index is 2.01. The van der Waals surface area contributed by atoms with Gasteiger partial charge in [-0.25, -0.2) is 4.79 Å². The molecule has 0 bridgehead atoms. The summed E-state index contributed by atoms with van der Waals surface area (Å²) in [5.74, 6) is 0.557. The van der Waals surface area contributed by atoms with Crippen LogP contribution in [0.15, 0.2) is 45.5 Å². The van der Waals surface area contributed by atoms with E-state index in [1.54, 1.807) is 18.4 Å². The molecule has 5 heteroatoms. The summed E-state index contributed by atoms with van der Waals surface area (Å²) in [6.07, 6.45) is 1.66. The first-order chi connectivity index (χ1) is 9.61. The second-order valence-corrected chi connectivity index (χ2v) is 5.27. The van der Waals surface area contributed by atoms with Gasteiger partial charge in [0.1, 0.15) is 5.76 Å². The van der Waals surface area contributed by atoms with Crippen LogP contribution in [0, 0.1) is 0 Å². The van der Waals surface area contributed by atoms with Crippen molar-refractivity contribution < 1.29 is 13.9 Å². The van der Waals surface area contributed by atoms with E-state index < -0.39 is 0 Å². The van der Waals surface area contributed by atoms with E-state index in [2.05, 4.69) is 21.2 Å². The van der Waals surface area contributed by atoms with Gasteiger partial charge in [-0.05, 0) is 36.8 Å². The predicted molar refractivity (Wildman–Crippen MR) is 79.4 cm³/mol. The molecule has 20 heavy (non-hydrogen) atoms. The fourth-order valence-electron chi connectivity index (χ4n) is 1.84. The van der Waals surface area contributed by atoms with Crippen LogP contribution in [0.25, 0.3) is 0 Å². The predicted octanol–water partition coefficient (Wildman–Crippen LogP) is 3.68. The number of ether oxygens (including phenoxy) is 1. The molecule has 106 valence electrons. The van der Waals surface area contributed by atoms with Crippen LogP contribution >= 0.6 is 15.9 Å². The Kier molecular flexibility index (Phi) is 4.98. The summed E-state index contributed by atoms with van der Waals surface area (Å²) in [6, 6.07) is 9.35. The van der Waals surface area contributed by atoms with Crippen LogP contribution in [0.2, 0.25) is 0 Å². The van der Waals surface area contributed by atoms with Gasteiger partial charge < -0.3 is 14.5 Å². The Hall–Kier alpha value is -1.59. The maximum Gasteiger partial charge on any atom is 0.337 e. The number of carbonyl (C=O) groups is 1. The molecule has 1 aromatic heterocycles. The van der Waals surface area contributed by atoms with E-state index in [1.807, 2.05) is 25.1 Å². The SMILES string of the molecule is COC(=O)c1ccc(CNC(C)c2ccco2)c(Br)c1. The van der Waals surface area contributed by atoms with Crippen LogP contribution in [0.5, 0.6) is 0 Å². The summed E-state index contributed by atoms with van der Waals surface area (Å²) in [6.45, 7) is 2.71. The Morgan fingerprint density at radius 1 is 1.45 bits per heavy atom. The number of carbonyl (C=O) groups excluding carboxylic acids is 1. The molecule has 0 radical (unpaired) electrons. The number of nitrogens with one attached hydrogen (secondary N) is 1. The number of methoxy groups -OCH3 is 1. The lowest BCUT2D eigenvalue weighted by Crippen LogP contribution is -2.18. The molecule has 4 nitrogen and oxygen atoms in total. The van der Waals surface area contributed by atoms with Gasteiger partial charge in [-0.2, -0.15) is 0 Å². The fourth-order valence-corrected chi connectivity index (χ4v) is 2.36. The van der Waals surface area contributed by atoms with Crippen molar-refractivity contribution in [1.82, 2.24) is 5.32 Å². The first kappa shape index (κ1) is 14.8. The lowest BCUT2D eigenvalue weighted by molar-refractivity contribution is 0.0600. The highest BCUT2D eigenvalue weighted by atomic mass is 79.9. The fraction of sp³-hybridized carbons (Fsp3) is 0.267. The summed E-state index contributed by atoms with van der Waals surface area (Å²) in [5.41, 5.74) is 1.60. The van der Waals surface area contributed by atoms with Crippen LogP contribution in [0.4, 0.5) is 0 Å². The zero-order valence-electron chi connectivity index (χ0n) is 11.4. The van der Waals surface area contributed by atoms with Gasteiger partial charge in [0.2, 0.25) is 0 Å². The van der Waals surface area contributed by atoms with Crippen molar-refractivity contribution >= 4 is 21.9 Å². The number of hydrogen-bond acceptors (Lipinski definition) is 4. The van der Waals surface area contributed by atoms with Crippen LogP contribution in [0.3, 0.4) is 0 Å². The highest BCUT2D eigenvalue weighted by Crippen LogP contribution is 2.20. The highest BCUT2D eigenvalue weighted by molar-refractivity contribution is 9.10. The van der Waals surface area contributed by atoms with Crippen molar-refractivity contribution in [3.63, 3.8) is 0 Å². The molecular formula is C15H16BrNO3. The van der Waals surface area contributed by atoms with E-state index in [0.717, 1.165) is 15.8 Å². The summed E-state index contributed by atoms with van der Waals surface area (Å²) in [5, 5.41) is 3.36. The molecule has 1 heterocycles. The van der Waals surface area contributed by atoms with E-state index >= 15 is 0 Å². The average Bonchev–Trinajstić information content (AvgIpc) is 2.99. The van der Waals surface area contributed by atoms with Gasteiger partial charge in [0.15, 0.2) is 0 Å². The summed E-state index contributed by atoms with van der Waals surface area (Å²) in [7, 11) is 1.37. The van der Waals surface area contributed by atoms with E-state index in [1.165, 1.54) is 7.11 Å². The maximum atomic E-state index is 11.4. The van der Waals surface area contributed by atoms with Crippen molar-refractivity contribution in [3.05, 3.63) is 58.0 Å². The average molecular weight is 338 g/mol. The van der Waals surface area contributed by atoms with Crippen LogP contribution in [-0.2, 0) is 11.3 Å². The number of furan rings is 1. The van der Waals surface area contributed by atoms with Gasteiger partial charge in [-0.3, -0.25) is 0 Å². The summed E-state index contributed by atoms with van der Waals surface area (Å²) in [4.78, 5) is 11.4. The molecular weight excluding hydrogens is 322 g/mol. The van der Waals surface area contributed by atoms with Crippen molar-refractivity contribution in [3.8, 4) is 0 Å². The third-order valence-corrected chi connectivity index (χ3v) is 3.78. The Morgan fingerprint density at radius 2 is 2.25 bits per heavy atom. The first-order valence-corrected chi connectivity index (χ1v) is 7.04. The van der Waals surface area contributed by atoms with Crippen molar-refractivity contribution in [1.29, 1.82) is 0 Å². The lowest BCUT2D eigenvalue weighted by atomic mass is 10.1. The maximum absolute atomic E-state index is 11.4. The minimum Gasteiger partial charge on any atom is -0.468 e. The van der Waals surface area contributed by atoms with Crippen molar-refractivity contribution in [2.75, 3.05) is 7.11 Å². The number of hydrogen-bond donors (Lipinski definition) is 1. The quantitative estimate of drug-likeness (QED) is 0.845. The molecule has 0 spiro atoms. The molecule has 0 saturated carbocycles. The third-order valence-electron chi connectivity index (χ3n) is 3.04. The molecule has 0 aliphatic rings. The van der Waals surface area contributed by atoms with Gasteiger partial charge in [0.25, 0.3) is 0 Å². The summed E-state index contributed by atoms with van der Waals surface area (Å²) < 4.78 is 10.9. The Morgan fingerprint density at radius 3 is 2.85 bits per heavy atom. The monoisotopic (exact) mass is 337 g/mol. The smallest absolute Gasteiger partial charge is 0.337 e. The minimum absolute atomic E-state index is 0.122. The van der Waals surface area contributed by atoms with Crippen molar-refractivity contribution in [2.45, 2.75) is 19.5 Å². The normalized spacial score (nSPS) is 12.2. The van der Waals surface area contributed by atoms with Crippen LogP contribution in [-0.4, -0.2) is 13.1 Å². The number of rotatable bonds is 5. The van der Waals surface area contributed by atoms with Crippen LogP contribution < -0.4 is 5.32 Å². The lowest BCUT2D eigenvalue weighted by Gasteiger charge is -2.12. The first-order valence-electron chi connectivity index (χ1n) is 6.25. The van der Waals surface area contributed by atoms with E-state index in [0.29, 0.717) is 12.1 Å². The molecule has 1 atom stereocenters. The Bertz CT molecular complexity index is 581. The number of halogens is 1. The van der Waals surface area contributed by atoms with Gasteiger partial charge >= 0.3 is 5.97 Å². The van der Waals surface area contributed by atoms with Gasteiger partial charge in [-0.15, -0.1) is 0 Å². The third kappa shape index (κ3) is 3.49. The second kappa shape index (κ2) is 6.72. The molecule has 2 rings (SSSR count). The zero-order chi connectivity index (χ0) is 14.5. The summed E-state index contributed by atoms with van der Waals surface area (Å²) >= 11 is 3.47.